The summed E-state index contributed by atoms with van der Waals surface area (Å²) in [5.41, 5.74) is -0.139. The molecule has 0 aliphatic rings. The Hall–Kier alpha value is -1.67. The van der Waals surface area contributed by atoms with Gasteiger partial charge in [0.2, 0.25) is 10.0 Å². The number of hydrogen-bond acceptors (Lipinski definition) is 4. The third kappa shape index (κ3) is 3.87. The van der Waals surface area contributed by atoms with Gasteiger partial charge < -0.3 is 4.74 Å². The summed E-state index contributed by atoms with van der Waals surface area (Å²) in [6, 6.07) is 7.07. The van der Waals surface area contributed by atoms with E-state index >= 15 is 0 Å². The van der Waals surface area contributed by atoms with Crippen LogP contribution in [0.1, 0.15) is 10.4 Å². The number of esters is 1. The standard InChI is InChI=1S/C15H12Cl2FNO4S/c1-19(2)24(21,22)10-4-5-12(16)11(8-10)15(20)23-9-3-6-14(18)13(17)7-9/h3-8H,1-2H3. The minimum Gasteiger partial charge on any atom is -0.423 e. The van der Waals surface area contributed by atoms with Crippen LogP contribution in [-0.2, 0) is 10.0 Å². The quantitative estimate of drug-likeness (QED) is 0.589. The number of rotatable bonds is 4. The molecule has 0 saturated heterocycles. The third-order valence-corrected chi connectivity index (χ3v) is 5.47. The van der Waals surface area contributed by atoms with Gasteiger partial charge in [-0.3, -0.25) is 0 Å². The SMILES string of the molecule is CN(C)S(=O)(=O)c1ccc(Cl)c(C(=O)Oc2ccc(F)c(Cl)c2)c1. The fourth-order valence-corrected chi connectivity index (χ4v) is 3.03. The summed E-state index contributed by atoms with van der Waals surface area (Å²) in [5.74, 6) is -1.55. The molecule has 0 spiro atoms. The maximum absolute atomic E-state index is 13.1. The molecule has 2 aromatic rings. The monoisotopic (exact) mass is 391 g/mol. The van der Waals surface area contributed by atoms with Crippen LogP contribution in [0.4, 0.5) is 4.39 Å². The number of sulfonamides is 1. The van der Waals surface area contributed by atoms with Crippen molar-refractivity contribution in [2.75, 3.05) is 14.1 Å². The van der Waals surface area contributed by atoms with Crippen LogP contribution in [0, 0.1) is 5.82 Å². The summed E-state index contributed by atoms with van der Waals surface area (Å²) in [6.07, 6.45) is 0. The Kier molecular flexibility index (Phi) is 5.49. The zero-order valence-electron chi connectivity index (χ0n) is 12.6. The van der Waals surface area contributed by atoms with Gasteiger partial charge in [-0.15, -0.1) is 0 Å². The van der Waals surface area contributed by atoms with Crippen molar-refractivity contribution in [2.45, 2.75) is 4.90 Å². The Bertz CT molecular complexity index is 900. The van der Waals surface area contributed by atoms with Crippen molar-refractivity contribution in [3.63, 3.8) is 0 Å². The first-order chi connectivity index (χ1) is 11.1. The lowest BCUT2D eigenvalue weighted by atomic mass is 10.2. The molecule has 0 atom stereocenters. The van der Waals surface area contributed by atoms with E-state index < -0.39 is 21.8 Å². The molecule has 0 amide bonds. The Morgan fingerprint density at radius 3 is 2.33 bits per heavy atom. The van der Waals surface area contributed by atoms with Gasteiger partial charge in [0.25, 0.3) is 0 Å². The molecule has 0 aliphatic heterocycles. The summed E-state index contributed by atoms with van der Waals surface area (Å²) >= 11 is 11.6. The second kappa shape index (κ2) is 7.06. The Balaban J connectivity index is 2.37. The molecular formula is C15H12Cl2FNO4S. The summed E-state index contributed by atoms with van der Waals surface area (Å²) in [7, 11) is -1.01. The number of benzene rings is 2. The van der Waals surface area contributed by atoms with Gasteiger partial charge in [-0.1, -0.05) is 23.2 Å². The molecule has 2 aromatic carbocycles. The Labute approximate surface area is 148 Å². The lowest BCUT2D eigenvalue weighted by molar-refractivity contribution is 0.0734. The van der Waals surface area contributed by atoms with Crippen LogP contribution in [0.5, 0.6) is 5.75 Å². The number of carbonyl (C=O) groups is 1. The number of hydrogen-bond donors (Lipinski definition) is 0. The lowest BCUT2D eigenvalue weighted by Gasteiger charge is -2.13. The molecule has 0 radical (unpaired) electrons. The smallest absolute Gasteiger partial charge is 0.345 e. The highest BCUT2D eigenvalue weighted by Crippen LogP contribution is 2.25. The maximum atomic E-state index is 13.1. The average Bonchev–Trinajstić information content (AvgIpc) is 2.51. The van der Waals surface area contributed by atoms with Gasteiger partial charge in [0.15, 0.2) is 0 Å². The van der Waals surface area contributed by atoms with E-state index in [2.05, 4.69) is 0 Å². The number of carbonyl (C=O) groups excluding carboxylic acids is 1. The van der Waals surface area contributed by atoms with Gasteiger partial charge in [-0.25, -0.2) is 21.9 Å². The minimum atomic E-state index is -3.74. The lowest BCUT2D eigenvalue weighted by Crippen LogP contribution is -2.22. The van der Waals surface area contributed by atoms with Crippen molar-refractivity contribution in [2.24, 2.45) is 0 Å². The summed E-state index contributed by atoms with van der Waals surface area (Å²) in [5, 5.41) is -0.193. The number of halogens is 3. The van der Waals surface area contributed by atoms with Crippen molar-refractivity contribution < 1.29 is 22.3 Å². The molecule has 0 saturated carbocycles. The van der Waals surface area contributed by atoms with E-state index in [0.717, 1.165) is 22.5 Å². The number of nitrogens with zero attached hydrogens (tertiary/aromatic N) is 1. The fourth-order valence-electron chi connectivity index (χ4n) is 1.73. The van der Waals surface area contributed by atoms with Gasteiger partial charge in [-0.05, 0) is 30.3 Å². The predicted octanol–water partition coefficient (Wildman–Crippen LogP) is 3.60. The highest BCUT2D eigenvalue weighted by molar-refractivity contribution is 7.89. The van der Waals surface area contributed by atoms with Crippen LogP contribution < -0.4 is 4.74 Å². The first-order valence-corrected chi connectivity index (χ1v) is 8.72. The number of ether oxygens (including phenoxy) is 1. The molecule has 0 bridgehead atoms. The van der Waals surface area contributed by atoms with Crippen molar-refractivity contribution in [3.8, 4) is 5.75 Å². The zero-order chi connectivity index (χ0) is 18.1. The maximum Gasteiger partial charge on any atom is 0.345 e. The molecular weight excluding hydrogens is 380 g/mol. The average molecular weight is 392 g/mol. The second-order valence-electron chi connectivity index (χ2n) is 4.89. The van der Waals surface area contributed by atoms with Crippen LogP contribution in [0.25, 0.3) is 0 Å². The van der Waals surface area contributed by atoms with Crippen molar-refractivity contribution >= 4 is 39.2 Å². The molecule has 9 heteroatoms. The Morgan fingerprint density at radius 1 is 1.08 bits per heavy atom. The topological polar surface area (TPSA) is 63.7 Å². The van der Waals surface area contributed by atoms with Gasteiger partial charge in [0.1, 0.15) is 11.6 Å². The van der Waals surface area contributed by atoms with E-state index in [4.69, 9.17) is 27.9 Å². The van der Waals surface area contributed by atoms with Crippen LogP contribution in [-0.4, -0.2) is 32.8 Å². The van der Waals surface area contributed by atoms with Gasteiger partial charge in [0, 0.05) is 20.2 Å². The first-order valence-electron chi connectivity index (χ1n) is 6.52. The molecule has 0 heterocycles. The normalized spacial score (nSPS) is 11.6. The zero-order valence-corrected chi connectivity index (χ0v) is 14.9. The largest absolute Gasteiger partial charge is 0.423 e. The molecule has 0 fully saturated rings. The third-order valence-electron chi connectivity index (χ3n) is 3.04. The second-order valence-corrected chi connectivity index (χ2v) is 7.86. The molecule has 2 rings (SSSR count). The van der Waals surface area contributed by atoms with Crippen molar-refractivity contribution in [3.05, 3.63) is 57.8 Å². The minimum absolute atomic E-state index is 0.00309. The fraction of sp³-hybridized carbons (Fsp3) is 0.133. The van der Waals surface area contributed by atoms with E-state index in [1.54, 1.807) is 0 Å². The molecule has 0 aliphatic carbocycles. The van der Waals surface area contributed by atoms with E-state index in [-0.39, 0.29) is 26.3 Å². The highest BCUT2D eigenvalue weighted by Gasteiger charge is 2.22. The van der Waals surface area contributed by atoms with Crippen LogP contribution in [0.2, 0.25) is 10.0 Å². The summed E-state index contributed by atoms with van der Waals surface area (Å²) in [6.45, 7) is 0. The Morgan fingerprint density at radius 2 is 1.75 bits per heavy atom. The molecule has 0 aromatic heterocycles. The van der Waals surface area contributed by atoms with Crippen LogP contribution >= 0.6 is 23.2 Å². The molecule has 24 heavy (non-hydrogen) atoms. The van der Waals surface area contributed by atoms with Crippen molar-refractivity contribution in [1.29, 1.82) is 0 Å². The van der Waals surface area contributed by atoms with Crippen LogP contribution in [0.15, 0.2) is 41.3 Å². The summed E-state index contributed by atoms with van der Waals surface area (Å²) < 4.78 is 43.4. The van der Waals surface area contributed by atoms with E-state index in [0.29, 0.717) is 0 Å². The van der Waals surface area contributed by atoms with Gasteiger partial charge >= 0.3 is 5.97 Å². The summed E-state index contributed by atoms with van der Waals surface area (Å²) in [4.78, 5) is 12.1. The molecule has 5 nitrogen and oxygen atoms in total. The predicted molar refractivity (Wildman–Crippen MR) is 88.7 cm³/mol. The van der Waals surface area contributed by atoms with Crippen molar-refractivity contribution in [1.82, 2.24) is 4.31 Å². The molecule has 0 unspecified atom stereocenters. The molecule has 128 valence electrons. The van der Waals surface area contributed by atoms with Crippen LogP contribution in [0.3, 0.4) is 0 Å². The van der Waals surface area contributed by atoms with E-state index in [1.807, 2.05) is 0 Å². The molecule has 0 N–H and O–H groups in total. The van der Waals surface area contributed by atoms with Gasteiger partial charge in [-0.2, -0.15) is 0 Å². The first kappa shape index (κ1) is 18.7. The van der Waals surface area contributed by atoms with E-state index in [1.165, 1.54) is 32.3 Å². The van der Waals surface area contributed by atoms with Gasteiger partial charge in [0.05, 0.1) is 20.5 Å². The highest BCUT2D eigenvalue weighted by atomic mass is 35.5. The van der Waals surface area contributed by atoms with E-state index in [9.17, 15) is 17.6 Å².